The van der Waals surface area contributed by atoms with Gasteiger partial charge in [0.2, 0.25) is 0 Å². The van der Waals surface area contributed by atoms with Gasteiger partial charge >= 0.3 is 0 Å². The van der Waals surface area contributed by atoms with Gasteiger partial charge in [0, 0.05) is 26.3 Å². The summed E-state index contributed by atoms with van der Waals surface area (Å²) in [7, 11) is 1.69. The molecule has 2 atom stereocenters. The lowest BCUT2D eigenvalue weighted by Gasteiger charge is -2.18. The second-order valence-electron chi connectivity index (χ2n) is 5.28. The van der Waals surface area contributed by atoms with Gasteiger partial charge in [-0.15, -0.1) is 0 Å². The van der Waals surface area contributed by atoms with E-state index in [1.165, 1.54) is 0 Å². The maximum atomic E-state index is 9.95. The Morgan fingerprint density at radius 3 is 2.50 bits per heavy atom. The topological polar surface area (TPSA) is 50.7 Å². The Morgan fingerprint density at radius 1 is 1.25 bits per heavy atom. The summed E-state index contributed by atoms with van der Waals surface area (Å²) in [5, 5.41) is 13.2. The molecule has 0 saturated heterocycles. The molecule has 0 aliphatic carbocycles. The van der Waals surface area contributed by atoms with E-state index in [-0.39, 0.29) is 0 Å². The van der Waals surface area contributed by atoms with Crippen molar-refractivity contribution < 1.29 is 14.6 Å². The van der Waals surface area contributed by atoms with Crippen LogP contribution < -0.4 is 10.1 Å². The highest BCUT2D eigenvalue weighted by molar-refractivity contribution is 5.39. The third-order valence-electron chi connectivity index (χ3n) is 3.29. The second-order valence-corrected chi connectivity index (χ2v) is 5.28. The largest absolute Gasteiger partial charge is 0.490 e. The van der Waals surface area contributed by atoms with Crippen LogP contribution in [0.1, 0.15) is 24.5 Å². The minimum atomic E-state index is -0.515. The second kappa shape index (κ2) is 8.95. The van der Waals surface area contributed by atoms with Crippen LogP contribution in [0.3, 0.4) is 0 Å². The smallest absolute Gasteiger partial charge is 0.125 e. The Balaban J connectivity index is 2.31. The van der Waals surface area contributed by atoms with Crippen LogP contribution >= 0.6 is 0 Å². The Bertz CT molecular complexity index is 375. The first-order chi connectivity index (χ1) is 9.54. The van der Waals surface area contributed by atoms with Crippen LogP contribution in [0, 0.1) is 13.8 Å². The Labute approximate surface area is 122 Å². The van der Waals surface area contributed by atoms with Gasteiger partial charge in [0.25, 0.3) is 0 Å². The van der Waals surface area contributed by atoms with E-state index in [0.29, 0.717) is 19.2 Å². The highest BCUT2D eigenvalue weighted by atomic mass is 16.5. The Hall–Kier alpha value is -1.10. The summed E-state index contributed by atoms with van der Waals surface area (Å²) in [6, 6.07) is 6.36. The fourth-order valence-corrected chi connectivity index (χ4v) is 2.00. The van der Waals surface area contributed by atoms with E-state index in [4.69, 9.17) is 9.47 Å². The van der Waals surface area contributed by atoms with Crippen molar-refractivity contribution in [3.63, 3.8) is 0 Å². The molecular weight excluding hydrogens is 254 g/mol. The molecule has 4 nitrogen and oxygen atoms in total. The Morgan fingerprint density at radius 2 is 1.90 bits per heavy atom. The average molecular weight is 281 g/mol. The molecule has 0 radical (unpaired) electrons. The quantitative estimate of drug-likeness (QED) is 0.727. The van der Waals surface area contributed by atoms with Crippen LogP contribution in [-0.2, 0) is 4.74 Å². The van der Waals surface area contributed by atoms with Crippen LogP contribution in [-0.4, -0.2) is 44.1 Å². The van der Waals surface area contributed by atoms with Crippen molar-refractivity contribution in [2.75, 3.05) is 26.9 Å². The molecule has 4 heteroatoms. The van der Waals surface area contributed by atoms with Crippen LogP contribution in [0.4, 0.5) is 0 Å². The van der Waals surface area contributed by atoms with E-state index in [1.54, 1.807) is 7.11 Å². The van der Waals surface area contributed by atoms with E-state index in [1.807, 2.05) is 32.0 Å². The molecule has 0 aliphatic heterocycles. The van der Waals surface area contributed by atoms with Crippen LogP contribution in [0.15, 0.2) is 18.2 Å². The zero-order chi connectivity index (χ0) is 15.0. The van der Waals surface area contributed by atoms with Gasteiger partial charge in [-0.1, -0.05) is 18.2 Å². The molecule has 0 heterocycles. The maximum Gasteiger partial charge on any atom is 0.125 e. The van der Waals surface area contributed by atoms with E-state index < -0.39 is 6.10 Å². The number of hydrogen-bond donors (Lipinski definition) is 2. The summed E-state index contributed by atoms with van der Waals surface area (Å²) in [6.07, 6.45) is 0.417. The molecule has 1 aromatic rings. The monoisotopic (exact) mass is 281 g/mol. The Kier molecular flexibility index (Phi) is 7.59. The van der Waals surface area contributed by atoms with Crippen molar-refractivity contribution in [1.29, 1.82) is 0 Å². The van der Waals surface area contributed by atoms with E-state index >= 15 is 0 Å². The summed E-state index contributed by atoms with van der Waals surface area (Å²) >= 11 is 0. The third kappa shape index (κ3) is 5.90. The molecule has 0 saturated carbocycles. The third-order valence-corrected chi connectivity index (χ3v) is 3.29. The van der Waals surface area contributed by atoms with Crippen molar-refractivity contribution in [1.82, 2.24) is 5.32 Å². The van der Waals surface area contributed by atoms with Crippen LogP contribution in [0.25, 0.3) is 0 Å². The number of nitrogens with one attached hydrogen (secondary N) is 1. The number of aliphatic hydroxyl groups is 1. The predicted molar refractivity (Wildman–Crippen MR) is 81.4 cm³/mol. The highest BCUT2D eigenvalue weighted by Crippen LogP contribution is 2.22. The number of aryl methyl sites for hydroxylation is 2. The molecule has 0 bridgehead atoms. The number of methoxy groups -OCH3 is 1. The number of aliphatic hydroxyl groups excluding tert-OH is 1. The number of hydrogen-bond acceptors (Lipinski definition) is 4. The van der Waals surface area contributed by atoms with Crippen molar-refractivity contribution in [2.24, 2.45) is 0 Å². The molecule has 114 valence electrons. The van der Waals surface area contributed by atoms with Crippen molar-refractivity contribution in [3.8, 4) is 5.75 Å². The maximum absolute atomic E-state index is 9.95. The summed E-state index contributed by atoms with van der Waals surface area (Å²) in [6.45, 7) is 7.66. The van der Waals surface area contributed by atoms with Gasteiger partial charge in [0.05, 0.1) is 0 Å². The lowest BCUT2D eigenvalue weighted by atomic mass is 10.1. The molecule has 2 N–H and O–H groups in total. The summed E-state index contributed by atoms with van der Waals surface area (Å²) in [4.78, 5) is 0. The van der Waals surface area contributed by atoms with Gasteiger partial charge in [-0.3, -0.25) is 0 Å². The number of benzene rings is 1. The number of para-hydroxylation sites is 1. The van der Waals surface area contributed by atoms with Gasteiger partial charge < -0.3 is 19.9 Å². The van der Waals surface area contributed by atoms with Crippen molar-refractivity contribution in [2.45, 2.75) is 39.3 Å². The van der Waals surface area contributed by atoms with Crippen molar-refractivity contribution >= 4 is 0 Å². The molecule has 0 fully saturated rings. The zero-order valence-electron chi connectivity index (χ0n) is 13.0. The first-order valence-corrected chi connectivity index (χ1v) is 7.14. The van der Waals surface area contributed by atoms with E-state index in [0.717, 1.165) is 29.9 Å². The van der Waals surface area contributed by atoms with Gasteiger partial charge in [-0.05, 0) is 38.3 Å². The molecule has 1 rings (SSSR count). The first kappa shape index (κ1) is 17.0. The predicted octanol–water partition coefficient (Wildman–Crippen LogP) is 2.06. The summed E-state index contributed by atoms with van der Waals surface area (Å²) in [5.74, 6) is 0.874. The van der Waals surface area contributed by atoms with Gasteiger partial charge in [0.15, 0.2) is 0 Å². The van der Waals surface area contributed by atoms with Gasteiger partial charge in [-0.25, -0.2) is 0 Å². The van der Waals surface area contributed by atoms with Crippen molar-refractivity contribution in [3.05, 3.63) is 29.3 Å². The molecule has 0 aliphatic rings. The lowest BCUT2D eigenvalue weighted by Crippen LogP contribution is -2.37. The summed E-state index contributed by atoms with van der Waals surface area (Å²) in [5.41, 5.74) is 2.19. The van der Waals surface area contributed by atoms with Gasteiger partial charge in [-0.2, -0.15) is 0 Å². The molecule has 0 spiro atoms. The molecule has 0 amide bonds. The number of rotatable bonds is 9. The summed E-state index contributed by atoms with van der Waals surface area (Å²) < 4.78 is 10.8. The normalized spacial score (nSPS) is 14.1. The fraction of sp³-hybridized carbons (Fsp3) is 0.625. The first-order valence-electron chi connectivity index (χ1n) is 7.14. The molecular formula is C16H27NO3. The number of ether oxygens (including phenoxy) is 2. The van der Waals surface area contributed by atoms with Crippen LogP contribution in [0.2, 0.25) is 0 Å². The van der Waals surface area contributed by atoms with Gasteiger partial charge in [0.1, 0.15) is 18.5 Å². The average Bonchev–Trinajstić information content (AvgIpc) is 2.42. The van der Waals surface area contributed by atoms with E-state index in [9.17, 15) is 5.11 Å². The minimum absolute atomic E-state index is 0.301. The minimum Gasteiger partial charge on any atom is -0.490 e. The lowest BCUT2D eigenvalue weighted by molar-refractivity contribution is 0.101. The molecule has 1 aromatic carbocycles. The molecule has 0 aromatic heterocycles. The SMILES string of the molecule is COCCC(C)NCC(O)COc1c(C)cccc1C. The molecule has 20 heavy (non-hydrogen) atoms. The highest BCUT2D eigenvalue weighted by Gasteiger charge is 2.10. The molecule has 2 unspecified atom stereocenters. The fourth-order valence-electron chi connectivity index (χ4n) is 2.00. The zero-order valence-corrected chi connectivity index (χ0v) is 13.0. The van der Waals surface area contributed by atoms with E-state index in [2.05, 4.69) is 12.2 Å². The van der Waals surface area contributed by atoms with Crippen LogP contribution in [0.5, 0.6) is 5.75 Å². The standard InChI is InChI=1S/C16H27NO3/c1-12-6-5-7-13(2)16(12)20-11-15(18)10-17-14(3)8-9-19-4/h5-7,14-15,17-18H,8-11H2,1-4H3.